The number of aryl methyl sites for hydroxylation is 1. The van der Waals surface area contributed by atoms with Gasteiger partial charge in [0.25, 0.3) is 0 Å². The second kappa shape index (κ2) is 8.32. The third-order valence-corrected chi connectivity index (χ3v) is 7.92. The first-order valence-corrected chi connectivity index (χ1v) is 13.3. The summed E-state index contributed by atoms with van der Waals surface area (Å²) in [6.07, 6.45) is 21.5. The van der Waals surface area contributed by atoms with Gasteiger partial charge in [-0.05, 0) is 101 Å². The summed E-state index contributed by atoms with van der Waals surface area (Å²) in [5, 5.41) is 5.43. The number of nitrogens with zero attached hydrogens (tertiary/aromatic N) is 5. The molecule has 2 N–H and O–H groups in total. The van der Waals surface area contributed by atoms with Crippen molar-refractivity contribution in [2.75, 3.05) is 0 Å². The lowest BCUT2D eigenvalue weighted by Gasteiger charge is -2.26. The number of rotatable bonds is 2. The van der Waals surface area contributed by atoms with E-state index in [0.29, 0.717) is 0 Å². The maximum absolute atomic E-state index is 13.9. The van der Waals surface area contributed by atoms with Crippen molar-refractivity contribution < 1.29 is 4.79 Å². The summed E-state index contributed by atoms with van der Waals surface area (Å²) in [5.74, 6) is 0.0733. The molecular formula is C32H29N7O. The minimum absolute atomic E-state index is 0.0733. The molecule has 7 rings (SSSR count). The molecule has 0 aliphatic carbocycles. The molecule has 3 aromatic rings. The number of carbonyl (C=O) groups excluding carboxylic acids is 1. The quantitative estimate of drug-likeness (QED) is 0.534. The molecule has 0 radical (unpaired) electrons. The van der Waals surface area contributed by atoms with Gasteiger partial charge in [-0.2, -0.15) is 0 Å². The van der Waals surface area contributed by atoms with E-state index >= 15 is 0 Å². The Kier molecular flexibility index (Phi) is 5.04. The van der Waals surface area contributed by atoms with Crippen molar-refractivity contribution in [2.24, 2.45) is 15.4 Å². The Labute approximate surface area is 231 Å². The number of imidazole rings is 1. The third kappa shape index (κ3) is 3.87. The first kappa shape index (κ1) is 24.2. The van der Waals surface area contributed by atoms with Gasteiger partial charge in [-0.15, -0.1) is 0 Å². The van der Waals surface area contributed by atoms with Gasteiger partial charge in [0.15, 0.2) is 11.4 Å². The average Bonchev–Trinajstić information content (AvgIpc) is 3.73. The lowest BCUT2D eigenvalue weighted by Crippen LogP contribution is -2.41. The van der Waals surface area contributed by atoms with Crippen molar-refractivity contribution >= 4 is 29.4 Å². The van der Waals surface area contributed by atoms with Crippen LogP contribution in [0.2, 0.25) is 0 Å². The van der Waals surface area contributed by atoms with Crippen molar-refractivity contribution in [3.05, 3.63) is 107 Å². The number of Topliss-reactive ketones (excluding diaryl/α,β-unsaturated/α-hetero) is 1. The van der Waals surface area contributed by atoms with Crippen LogP contribution in [-0.2, 0) is 10.5 Å². The van der Waals surface area contributed by atoms with Crippen LogP contribution in [0.5, 0.6) is 0 Å². The van der Waals surface area contributed by atoms with Crippen LogP contribution in [0, 0.1) is 12.3 Å². The van der Waals surface area contributed by atoms with E-state index in [1.54, 1.807) is 12.5 Å². The lowest BCUT2D eigenvalue weighted by atomic mass is 9.80. The number of aromatic nitrogens is 4. The SMILES string of the molecule is Cc1cc(-c2cn(C34C=CC(=N3)C=c3ccc([nH]3)=CC3=NC(=CC5(C)NC(=C4)C(C)(C)C5=O)C=C3)cn2)ccn1. The Hall–Kier alpha value is -4.85. The smallest absolute Gasteiger partial charge is 0.177 e. The zero-order chi connectivity index (χ0) is 27.7. The van der Waals surface area contributed by atoms with Crippen molar-refractivity contribution in [3.8, 4) is 11.3 Å². The number of nitrogens with one attached hydrogen (secondary N) is 2. The van der Waals surface area contributed by atoms with Crippen LogP contribution in [0.3, 0.4) is 0 Å². The van der Waals surface area contributed by atoms with E-state index in [1.165, 1.54) is 0 Å². The van der Waals surface area contributed by atoms with Crippen LogP contribution in [0.25, 0.3) is 23.4 Å². The summed E-state index contributed by atoms with van der Waals surface area (Å²) >= 11 is 0. The average molecular weight is 528 g/mol. The molecule has 1 fully saturated rings. The molecule has 4 aliphatic rings. The number of aromatic amines is 1. The Bertz CT molecular complexity index is 1910. The molecule has 1 saturated heterocycles. The van der Waals surface area contributed by atoms with E-state index in [4.69, 9.17) is 15.0 Å². The first-order chi connectivity index (χ1) is 19.1. The summed E-state index contributed by atoms with van der Waals surface area (Å²) < 4.78 is 1.99. The topological polar surface area (TPSA) is 100 Å². The number of H-pyrrole nitrogens is 1. The van der Waals surface area contributed by atoms with E-state index in [-0.39, 0.29) is 5.78 Å². The molecule has 0 saturated carbocycles. The molecule has 8 heteroatoms. The summed E-state index contributed by atoms with van der Waals surface area (Å²) in [4.78, 5) is 36.3. The fourth-order valence-corrected chi connectivity index (χ4v) is 5.80. The summed E-state index contributed by atoms with van der Waals surface area (Å²) in [5.41, 5.74) is 3.28. The molecule has 2 atom stereocenters. The molecule has 198 valence electrons. The molecule has 0 amide bonds. The van der Waals surface area contributed by atoms with E-state index in [0.717, 1.165) is 50.5 Å². The number of pyridine rings is 1. The zero-order valence-electron chi connectivity index (χ0n) is 22.8. The van der Waals surface area contributed by atoms with Gasteiger partial charge in [0.2, 0.25) is 0 Å². The second-order valence-electron chi connectivity index (χ2n) is 11.4. The predicted molar refractivity (Wildman–Crippen MR) is 157 cm³/mol. The Morgan fingerprint density at radius 2 is 1.73 bits per heavy atom. The Morgan fingerprint density at radius 1 is 0.925 bits per heavy atom. The Balaban J connectivity index is 1.44. The number of carbonyl (C=O) groups is 1. The maximum atomic E-state index is 13.9. The van der Waals surface area contributed by atoms with Crippen LogP contribution in [0.4, 0.5) is 0 Å². The van der Waals surface area contributed by atoms with Gasteiger partial charge in [-0.3, -0.25) is 9.78 Å². The highest BCUT2D eigenvalue weighted by Gasteiger charge is 2.52. The highest BCUT2D eigenvalue weighted by atomic mass is 16.1. The number of allylic oxidation sites excluding steroid dienone is 4. The molecule has 3 aromatic heterocycles. The molecule has 8 bridgehead atoms. The first-order valence-electron chi connectivity index (χ1n) is 13.3. The number of aliphatic imine (C=N–C) groups is 2. The van der Waals surface area contributed by atoms with Crippen molar-refractivity contribution in [3.63, 3.8) is 0 Å². The fraction of sp³-hybridized carbons (Fsp3) is 0.219. The summed E-state index contributed by atoms with van der Waals surface area (Å²) in [6.45, 7) is 7.80. The normalized spacial score (nSPS) is 25.9. The maximum Gasteiger partial charge on any atom is 0.177 e. The third-order valence-electron chi connectivity index (χ3n) is 7.92. The molecular weight excluding hydrogens is 498 g/mol. The molecule has 2 unspecified atom stereocenters. The van der Waals surface area contributed by atoms with Crippen molar-refractivity contribution in [1.82, 2.24) is 24.8 Å². The van der Waals surface area contributed by atoms with Crippen molar-refractivity contribution in [2.45, 2.75) is 38.9 Å². The van der Waals surface area contributed by atoms with Crippen LogP contribution in [0.1, 0.15) is 26.5 Å². The summed E-state index contributed by atoms with van der Waals surface area (Å²) in [7, 11) is 0. The molecule has 0 aromatic carbocycles. The van der Waals surface area contributed by atoms with Gasteiger partial charge in [0.05, 0.1) is 34.6 Å². The van der Waals surface area contributed by atoms with Gasteiger partial charge >= 0.3 is 0 Å². The minimum Gasteiger partial charge on any atom is -0.372 e. The van der Waals surface area contributed by atoms with E-state index < -0.39 is 16.6 Å². The van der Waals surface area contributed by atoms with Crippen LogP contribution in [-0.4, -0.2) is 42.3 Å². The highest BCUT2D eigenvalue weighted by Crippen LogP contribution is 2.43. The monoisotopic (exact) mass is 527 g/mol. The highest BCUT2D eigenvalue weighted by molar-refractivity contribution is 6.20. The summed E-state index contributed by atoms with van der Waals surface area (Å²) in [6, 6.07) is 8.01. The zero-order valence-corrected chi connectivity index (χ0v) is 22.8. The molecule has 8 nitrogen and oxygen atoms in total. The largest absolute Gasteiger partial charge is 0.372 e. The van der Waals surface area contributed by atoms with Crippen LogP contribution in [0.15, 0.2) is 101 Å². The van der Waals surface area contributed by atoms with E-state index in [2.05, 4.69) is 21.4 Å². The number of hydrogen-bond donors (Lipinski definition) is 2. The van der Waals surface area contributed by atoms with Gasteiger partial charge in [0.1, 0.15) is 5.54 Å². The minimum atomic E-state index is -0.929. The number of fused-ring (bicyclic) bond motifs is 6. The van der Waals surface area contributed by atoms with Gasteiger partial charge in [-0.25, -0.2) is 15.0 Å². The predicted octanol–water partition coefficient (Wildman–Crippen LogP) is 3.26. The molecule has 0 spiro atoms. The number of ketones is 1. The molecule has 4 aliphatic heterocycles. The van der Waals surface area contributed by atoms with Gasteiger partial charge in [-0.1, -0.05) is 0 Å². The van der Waals surface area contributed by atoms with Crippen molar-refractivity contribution in [1.29, 1.82) is 0 Å². The number of hydrogen-bond acceptors (Lipinski definition) is 6. The van der Waals surface area contributed by atoms with Crippen LogP contribution < -0.4 is 16.0 Å². The Morgan fingerprint density at radius 3 is 2.52 bits per heavy atom. The lowest BCUT2D eigenvalue weighted by molar-refractivity contribution is -0.126. The standard InChI is InChI=1S/C32H29N7O/c1-20-13-21(10-12-33-20)27-18-39(19-34-27)32-11-9-25(37-32)15-24-6-5-22(35-24)14-23-7-8-26(36-23)16-31(4)29(40)30(2,3)28(17-32)38-31/h5-19,35,38H,1-4H3. The van der Waals surface area contributed by atoms with Gasteiger partial charge in [0, 0.05) is 40.0 Å². The second-order valence-corrected chi connectivity index (χ2v) is 11.4. The molecule has 7 heterocycles. The fourth-order valence-electron chi connectivity index (χ4n) is 5.80. The van der Waals surface area contributed by atoms with E-state index in [1.807, 2.05) is 105 Å². The van der Waals surface area contributed by atoms with E-state index in [9.17, 15) is 4.79 Å². The van der Waals surface area contributed by atoms with Gasteiger partial charge < -0.3 is 14.9 Å². The molecule has 40 heavy (non-hydrogen) atoms. The van der Waals surface area contributed by atoms with Crippen LogP contribution >= 0.6 is 0 Å².